The lowest BCUT2D eigenvalue weighted by Crippen LogP contribution is -2.37. The summed E-state index contributed by atoms with van der Waals surface area (Å²) in [7, 11) is 2.18. The normalized spacial score (nSPS) is 25.0. The molecule has 0 amide bonds. The minimum absolute atomic E-state index is 0.513. The second kappa shape index (κ2) is 9.87. The van der Waals surface area contributed by atoms with Crippen LogP contribution in [0.5, 0.6) is 0 Å². The van der Waals surface area contributed by atoms with Gasteiger partial charge in [0.25, 0.3) is 0 Å². The van der Waals surface area contributed by atoms with Crippen molar-refractivity contribution in [2.24, 2.45) is 17.3 Å². The molecule has 0 aromatic rings. The van der Waals surface area contributed by atoms with Gasteiger partial charge >= 0.3 is 0 Å². The summed E-state index contributed by atoms with van der Waals surface area (Å²) >= 11 is 0. The van der Waals surface area contributed by atoms with Gasteiger partial charge in [-0.25, -0.2) is 0 Å². The van der Waals surface area contributed by atoms with Gasteiger partial charge in [0.2, 0.25) is 0 Å². The zero-order chi connectivity index (χ0) is 15.7. The van der Waals surface area contributed by atoms with Gasteiger partial charge in [0.15, 0.2) is 0 Å². The molecule has 1 heteroatoms. The Balaban J connectivity index is 2.21. The Labute approximate surface area is 134 Å². The van der Waals surface area contributed by atoms with Gasteiger partial charge in [-0.05, 0) is 56.4 Å². The maximum atomic E-state index is 3.63. The molecule has 1 unspecified atom stereocenters. The molecule has 1 N–H and O–H groups in total. The molecular weight excluding hydrogens is 254 g/mol. The zero-order valence-corrected chi connectivity index (χ0v) is 15.5. The molecule has 0 radical (unpaired) electrons. The summed E-state index contributed by atoms with van der Waals surface area (Å²) in [6.45, 7) is 9.56. The van der Waals surface area contributed by atoms with Crippen molar-refractivity contribution in [3.63, 3.8) is 0 Å². The molecule has 21 heavy (non-hydrogen) atoms. The number of hydrogen-bond donors (Lipinski definition) is 1. The number of rotatable bonds is 9. The van der Waals surface area contributed by atoms with E-state index in [0.717, 1.165) is 17.9 Å². The number of nitrogens with one attached hydrogen (secondary N) is 1. The maximum absolute atomic E-state index is 3.63. The molecule has 0 aliphatic heterocycles. The summed E-state index contributed by atoms with van der Waals surface area (Å²) in [5.74, 6) is 1.88. The van der Waals surface area contributed by atoms with E-state index in [4.69, 9.17) is 0 Å². The number of unbranched alkanes of at least 4 members (excludes halogenated alkanes) is 5. The van der Waals surface area contributed by atoms with Gasteiger partial charge in [0.05, 0.1) is 0 Å². The number of hydrogen-bond acceptors (Lipinski definition) is 1. The first-order valence-corrected chi connectivity index (χ1v) is 9.66. The monoisotopic (exact) mass is 295 g/mol. The van der Waals surface area contributed by atoms with Gasteiger partial charge in [-0.1, -0.05) is 66.2 Å². The molecule has 0 aromatic heterocycles. The summed E-state index contributed by atoms with van der Waals surface area (Å²) < 4.78 is 0. The summed E-state index contributed by atoms with van der Waals surface area (Å²) in [5.41, 5.74) is 0.513. The van der Waals surface area contributed by atoms with Crippen LogP contribution in [0.3, 0.4) is 0 Å². The predicted molar refractivity (Wildman–Crippen MR) is 95.7 cm³/mol. The molecule has 0 aromatic carbocycles. The first-order chi connectivity index (χ1) is 9.99. The fraction of sp³-hybridized carbons (Fsp3) is 1.00. The highest BCUT2D eigenvalue weighted by Crippen LogP contribution is 2.41. The van der Waals surface area contributed by atoms with E-state index in [-0.39, 0.29) is 0 Å². The van der Waals surface area contributed by atoms with Gasteiger partial charge in [-0.3, -0.25) is 0 Å². The molecule has 0 saturated heterocycles. The van der Waals surface area contributed by atoms with E-state index >= 15 is 0 Å². The van der Waals surface area contributed by atoms with Crippen molar-refractivity contribution in [1.29, 1.82) is 0 Å². The van der Waals surface area contributed by atoms with Crippen molar-refractivity contribution >= 4 is 0 Å². The highest BCUT2D eigenvalue weighted by atomic mass is 14.9. The van der Waals surface area contributed by atoms with Crippen LogP contribution in [0.1, 0.15) is 98.3 Å². The largest absolute Gasteiger partial charge is 0.317 e. The van der Waals surface area contributed by atoms with Crippen LogP contribution in [-0.2, 0) is 0 Å². The van der Waals surface area contributed by atoms with Crippen molar-refractivity contribution in [3.05, 3.63) is 0 Å². The summed E-state index contributed by atoms with van der Waals surface area (Å²) in [6.07, 6.45) is 15.7. The van der Waals surface area contributed by atoms with Gasteiger partial charge < -0.3 is 5.32 Å². The first kappa shape index (κ1) is 19.0. The van der Waals surface area contributed by atoms with E-state index in [9.17, 15) is 0 Å². The molecule has 1 aliphatic rings. The molecule has 1 aliphatic carbocycles. The van der Waals surface area contributed by atoms with E-state index in [2.05, 4.69) is 40.1 Å². The van der Waals surface area contributed by atoms with E-state index in [1.54, 1.807) is 0 Å². The van der Waals surface area contributed by atoms with Crippen LogP contribution in [0.15, 0.2) is 0 Å². The molecule has 126 valence electrons. The zero-order valence-electron chi connectivity index (χ0n) is 15.5. The Bertz CT molecular complexity index is 245. The van der Waals surface area contributed by atoms with Crippen molar-refractivity contribution in [1.82, 2.24) is 5.32 Å². The van der Waals surface area contributed by atoms with Crippen LogP contribution in [0.2, 0.25) is 0 Å². The molecular formula is C20H41N. The second-order valence-corrected chi connectivity index (χ2v) is 8.43. The molecule has 0 bridgehead atoms. The maximum Gasteiger partial charge on any atom is 0.00923 e. The lowest BCUT2D eigenvalue weighted by atomic mass is 9.68. The van der Waals surface area contributed by atoms with E-state index in [0.29, 0.717) is 5.41 Å². The van der Waals surface area contributed by atoms with Crippen LogP contribution in [-0.4, -0.2) is 13.1 Å². The standard InChI is InChI=1S/C20H41N/c1-6-7-8-9-10-11-12-19(21-5)17-13-15-18(16-14-17)20(2,3)4/h17-19,21H,6-16H2,1-5H3. The summed E-state index contributed by atoms with van der Waals surface area (Å²) in [5, 5.41) is 3.63. The first-order valence-electron chi connectivity index (χ1n) is 9.66. The fourth-order valence-electron chi connectivity index (χ4n) is 4.15. The van der Waals surface area contributed by atoms with Gasteiger partial charge in [-0.15, -0.1) is 0 Å². The third kappa shape index (κ3) is 7.17. The fourth-order valence-corrected chi connectivity index (χ4v) is 4.15. The predicted octanol–water partition coefficient (Wildman–Crippen LogP) is 6.18. The molecule has 1 fully saturated rings. The Kier molecular flexibility index (Phi) is 8.94. The third-order valence-electron chi connectivity index (χ3n) is 5.81. The smallest absolute Gasteiger partial charge is 0.00923 e. The van der Waals surface area contributed by atoms with E-state index < -0.39 is 0 Å². The Morgan fingerprint density at radius 3 is 2.00 bits per heavy atom. The molecule has 0 heterocycles. The molecule has 1 rings (SSSR count). The van der Waals surface area contributed by atoms with Gasteiger partial charge in [0, 0.05) is 6.04 Å². The minimum Gasteiger partial charge on any atom is -0.317 e. The SMILES string of the molecule is CCCCCCCCC(NC)C1CCC(C(C)(C)C)CC1. The van der Waals surface area contributed by atoms with Crippen molar-refractivity contribution in [2.45, 2.75) is 104 Å². The van der Waals surface area contributed by atoms with Gasteiger partial charge in [-0.2, -0.15) is 0 Å². The average Bonchev–Trinajstić information content (AvgIpc) is 2.46. The van der Waals surface area contributed by atoms with Crippen LogP contribution >= 0.6 is 0 Å². The lowest BCUT2D eigenvalue weighted by molar-refractivity contribution is 0.131. The van der Waals surface area contributed by atoms with Crippen LogP contribution in [0.25, 0.3) is 0 Å². The van der Waals surface area contributed by atoms with E-state index in [1.165, 1.54) is 70.6 Å². The van der Waals surface area contributed by atoms with Crippen molar-refractivity contribution in [2.75, 3.05) is 7.05 Å². The van der Waals surface area contributed by atoms with Crippen LogP contribution in [0, 0.1) is 17.3 Å². The van der Waals surface area contributed by atoms with Crippen molar-refractivity contribution in [3.8, 4) is 0 Å². The third-order valence-corrected chi connectivity index (χ3v) is 5.81. The van der Waals surface area contributed by atoms with Crippen LogP contribution in [0.4, 0.5) is 0 Å². The molecule has 0 spiro atoms. The average molecular weight is 296 g/mol. The second-order valence-electron chi connectivity index (χ2n) is 8.43. The Morgan fingerprint density at radius 2 is 1.48 bits per heavy atom. The van der Waals surface area contributed by atoms with E-state index in [1.807, 2.05) is 0 Å². The molecule has 1 atom stereocenters. The van der Waals surface area contributed by atoms with Crippen molar-refractivity contribution < 1.29 is 0 Å². The topological polar surface area (TPSA) is 12.0 Å². The summed E-state index contributed by atoms with van der Waals surface area (Å²) in [6, 6.07) is 0.775. The minimum atomic E-state index is 0.513. The highest BCUT2D eigenvalue weighted by Gasteiger charge is 2.32. The summed E-state index contributed by atoms with van der Waals surface area (Å²) in [4.78, 5) is 0. The lowest BCUT2D eigenvalue weighted by Gasteiger charge is -2.39. The Hall–Kier alpha value is -0.0400. The van der Waals surface area contributed by atoms with Gasteiger partial charge in [0.1, 0.15) is 0 Å². The van der Waals surface area contributed by atoms with Crippen LogP contribution < -0.4 is 5.32 Å². The highest BCUT2D eigenvalue weighted by molar-refractivity contribution is 4.85. The Morgan fingerprint density at radius 1 is 0.905 bits per heavy atom. The molecule has 1 nitrogen and oxygen atoms in total. The molecule has 1 saturated carbocycles. The quantitative estimate of drug-likeness (QED) is 0.501.